The molecule has 0 unspecified atom stereocenters. The molecule has 0 fully saturated rings. The third-order valence-corrected chi connectivity index (χ3v) is 2.55. The lowest BCUT2D eigenvalue weighted by Crippen LogP contribution is -2.15. The lowest BCUT2D eigenvalue weighted by atomic mass is 10.0. The highest BCUT2D eigenvalue weighted by atomic mass is 16.3. The fourth-order valence-corrected chi connectivity index (χ4v) is 1.79. The lowest BCUT2D eigenvalue weighted by molar-refractivity contribution is 0.0957. The first kappa shape index (κ1) is 10.1. The van der Waals surface area contributed by atoms with Crippen LogP contribution < -0.4 is 0 Å². The van der Waals surface area contributed by atoms with Gasteiger partial charge in [0.25, 0.3) is 0 Å². The number of aliphatic hydroxyl groups excluding tert-OH is 2. The zero-order valence-electron chi connectivity index (χ0n) is 8.43. The summed E-state index contributed by atoms with van der Waals surface area (Å²) in [4.78, 5) is 0. The quantitative estimate of drug-likeness (QED) is 0.795. The van der Waals surface area contributed by atoms with Crippen molar-refractivity contribution in [1.82, 2.24) is 0 Å². The molecule has 0 radical (unpaired) electrons. The van der Waals surface area contributed by atoms with Crippen LogP contribution in [0.15, 0.2) is 42.5 Å². The second kappa shape index (κ2) is 4.43. The van der Waals surface area contributed by atoms with E-state index in [9.17, 15) is 5.11 Å². The molecular weight excluding hydrogens is 188 g/mol. The molecule has 0 saturated heterocycles. The minimum absolute atomic E-state index is 0.191. The summed E-state index contributed by atoms with van der Waals surface area (Å²) in [5.74, 6) is 0. The van der Waals surface area contributed by atoms with Crippen molar-refractivity contribution < 1.29 is 10.2 Å². The highest BCUT2D eigenvalue weighted by molar-refractivity contribution is 5.85. The topological polar surface area (TPSA) is 40.5 Å². The molecule has 2 nitrogen and oxygen atoms in total. The van der Waals surface area contributed by atoms with Crippen LogP contribution in [0.5, 0.6) is 0 Å². The Hall–Kier alpha value is -1.38. The molecule has 0 aliphatic heterocycles. The molecule has 15 heavy (non-hydrogen) atoms. The van der Waals surface area contributed by atoms with E-state index in [2.05, 4.69) is 0 Å². The first-order valence-corrected chi connectivity index (χ1v) is 5.07. The average Bonchev–Trinajstić information content (AvgIpc) is 2.29. The predicted octanol–water partition coefficient (Wildman–Crippen LogP) is 1.74. The van der Waals surface area contributed by atoms with Gasteiger partial charge in [-0.2, -0.15) is 0 Å². The van der Waals surface area contributed by atoms with Crippen molar-refractivity contribution in [2.24, 2.45) is 0 Å². The Labute approximate surface area is 88.8 Å². The summed E-state index contributed by atoms with van der Waals surface area (Å²) in [5.41, 5.74) is 1.08. The highest BCUT2D eigenvalue weighted by Gasteiger charge is 2.06. The number of aliphatic hydroxyl groups is 2. The fourth-order valence-electron chi connectivity index (χ4n) is 1.79. The standard InChI is InChI=1S/C13H14O2/c14-9-12(15)8-11-6-3-5-10-4-1-2-7-13(10)11/h1-7,12,14-15H,8-9H2/t12-/m0/s1. The third-order valence-electron chi connectivity index (χ3n) is 2.55. The predicted molar refractivity (Wildman–Crippen MR) is 60.7 cm³/mol. The smallest absolute Gasteiger partial charge is 0.0811 e. The van der Waals surface area contributed by atoms with Gasteiger partial charge in [-0.1, -0.05) is 42.5 Å². The van der Waals surface area contributed by atoms with Crippen LogP contribution in [0.4, 0.5) is 0 Å². The van der Waals surface area contributed by atoms with E-state index in [0.717, 1.165) is 10.9 Å². The van der Waals surface area contributed by atoms with Gasteiger partial charge in [-0.15, -0.1) is 0 Å². The van der Waals surface area contributed by atoms with E-state index in [0.29, 0.717) is 6.42 Å². The minimum Gasteiger partial charge on any atom is -0.394 e. The molecular formula is C13H14O2. The Bertz CT molecular complexity index is 446. The van der Waals surface area contributed by atoms with Crippen LogP contribution in [-0.2, 0) is 6.42 Å². The van der Waals surface area contributed by atoms with Gasteiger partial charge in [0.05, 0.1) is 12.7 Å². The van der Waals surface area contributed by atoms with E-state index >= 15 is 0 Å². The van der Waals surface area contributed by atoms with Crippen LogP contribution >= 0.6 is 0 Å². The molecule has 2 heteroatoms. The van der Waals surface area contributed by atoms with Crippen LogP contribution in [0.3, 0.4) is 0 Å². The second-order valence-corrected chi connectivity index (χ2v) is 3.68. The molecule has 2 aromatic rings. The van der Waals surface area contributed by atoms with E-state index < -0.39 is 6.10 Å². The van der Waals surface area contributed by atoms with Crippen LogP contribution in [0.25, 0.3) is 10.8 Å². The summed E-state index contributed by atoms with van der Waals surface area (Å²) in [6, 6.07) is 14.1. The van der Waals surface area contributed by atoms with Crippen molar-refractivity contribution in [3.05, 3.63) is 48.0 Å². The van der Waals surface area contributed by atoms with E-state index in [1.165, 1.54) is 5.39 Å². The van der Waals surface area contributed by atoms with Crippen molar-refractivity contribution in [2.75, 3.05) is 6.61 Å². The third kappa shape index (κ3) is 2.17. The molecule has 0 amide bonds. The molecule has 0 heterocycles. The van der Waals surface area contributed by atoms with E-state index in [1.54, 1.807) is 0 Å². The zero-order chi connectivity index (χ0) is 10.7. The molecule has 0 saturated carbocycles. The van der Waals surface area contributed by atoms with Gasteiger partial charge < -0.3 is 10.2 Å². The first-order valence-electron chi connectivity index (χ1n) is 5.07. The fraction of sp³-hybridized carbons (Fsp3) is 0.231. The molecule has 1 atom stereocenters. The SMILES string of the molecule is OC[C@@H](O)Cc1cccc2ccccc12. The summed E-state index contributed by atoms with van der Waals surface area (Å²) in [5, 5.41) is 20.6. The summed E-state index contributed by atoms with van der Waals surface area (Å²) < 4.78 is 0. The van der Waals surface area contributed by atoms with Crippen LogP contribution in [0, 0.1) is 0 Å². The highest BCUT2D eigenvalue weighted by Crippen LogP contribution is 2.19. The molecule has 0 bridgehead atoms. The van der Waals surface area contributed by atoms with Gasteiger partial charge in [0.2, 0.25) is 0 Å². The van der Waals surface area contributed by atoms with Gasteiger partial charge in [0.15, 0.2) is 0 Å². The molecule has 0 spiro atoms. The maximum absolute atomic E-state index is 9.42. The van der Waals surface area contributed by atoms with Crippen molar-refractivity contribution >= 4 is 10.8 Å². The van der Waals surface area contributed by atoms with Gasteiger partial charge in [0.1, 0.15) is 0 Å². The van der Waals surface area contributed by atoms with Gasteiger partial charge in [0, 0.05) is 6.42 Å². The number of hydrogen-bond acceptors (Lipinski definition) is 2. The molecule has 78 valence electrons. The van der Waals surface area contributed by atoms with Crippen molar-refractivity contribution in [1.29, 1.82) is 0 Å². The zero-order valence-corrected chi connectivity index (χ0v) is 8.43. The molecule has 0 aromatic heterocycles. The van der Waals surface area contributed by atoms with Crippen molar-refractivity contribution in [3.63, 3.8) is 0 Å². The van der Waals surface area contributed by atoms with Crippen LogP contribution in [-0.4, -0.2) is 22.9 Å². The minimum atomic E-state index is -0.671. The van der Waals surface area contributed by atoms with E-state index in [1.807, 2.05) is 42.5 Å². The molecule has 0 aliphatic carbocycles. The summed E-state index contributed by atoms with van der Waals surface area (Å²) >= 11 is 0. The molecule has 2 aromatic carbocycles. The Kier molecular flexibility index (Phi) is 2.99. The largest absolute Gasteiger partial charge is 0.394 e. The number of rotatable bonds is 3. The number of fused-ring (bicyclic) bond motifs is 1. The Morgan fingerprint density at radius 1 is 1.00 bits per heavy atom. The van der Waals surface area contributed by atoms with E-state index in [4.69, 9.17) is 5.11 Å². The molecule has 2 N–H and O–H groups in total. The number of benzene rings is 2. The van der Waals surface area contributed by atoms with Gasteiger partial charge in [-0.3, -0.25) is 0 Å². The lowest BCUT2D eigenvalue weighted by Gasteiger charge is -2.09. The monoisotopic (exact) mass is 202 g/mol. The summed E-state index contributed by atoms with van der Waals surface area (Å²) in [6.07, 6.45) is -0.173. The van der Waals surface area contributed by atoms with Crippen molar-refractivity contribution in [2.45, 2.75) is 12.5 Å². The maximum Gasteiger partial charge on any atom is 0.0811 e. The van der Waals surface area contributed by atoms with Crippen LogP contribution in [0.1, 0.15) is 5.56 Å². The summed E-state index contributed by atoms with van der Waals surface area (Å²) in [6.45, 7) is -0.191. The van der Waals surface area contributed by atoms with Gasteiger partial charge in [-0.05, 0) is 16.3 Å². The first-order chi connectivity index (χ1) is 7.31. The van der Waals surface area contributed by atoms with Crippen molar-refractivity contribution in [3.8, 4) is 0 Å². The molecule has 0 aliphatic rings. The average molecular weight is 202 g/mol. The van der Waals surface area contributed by atoms with E-state index in [-0.39, 0.29) is 6.61 Å². The Balaban J connectivity index is 2.42. The summed E-state index contributed by atoms with van der Waals surface area (Å²) in [7, 11) is 0. The Morgan fingerprint density at radius 3 is 2.53 bits per heavy atom. The second-order valence-electron chi connectivity index (χ2n) is 3.68. The normalized spacial score (nSPS) is 12.9. The number of hydrogen-bond donors (Lipinski definition) is 2. The van der Waals surface area contributed by atoms with Gasteiger partial charge in [-0.25, -0.2) is 0 Å². The maximum atomic E-state index is 9.42. The Morgan fingerprint density at radius 2 is 1.73 bits per heavy atom. The van der Waals surface area contributed by atoms with Crippen LogP contribution in [0.2, 0.25) is 0 Å². The van der Waals surface area contributed by atoms with Gasteiger partial charge >= 0.3 is 0 Å². The molecule has 2 rings (SSSR count).